The Kier molecular flexibility index (Phi) is 4.97. The summed E-state index contributed by atoms with van der Waals surface area (Å²) in [6.07, 6.45) is -0.757. The number of para-hydroxylation sites is 1. The van der Waals surface area contributed by atoms with Crippen molar-refractivity contribution < 1.29 is 28.5 Å². The number of esters is 2. The molecule has 0 saturated carbocycles. The average Bonchev–Trinajstić information content (AvgIpc) is 2.97. The smallest absolute Gasteiger partial charge is 0.344 e. The lowest BCUT2D eigenvalue weighted by Crippen LogP contribution is -2.14. The van der Waals surface area contributed by atoms with Crippen LogP contribution in [0, 0.1) is 0 Å². The molecule has 136 valence electrons. The fourth-order valence-corrected chi connectivity index (χ4v) is 2.84. The minimum absolute atomic E-state index is 0.269. The quantitative estimate of drug-likeness (QED) is 0.795. The molecule has 0 fully saturated rings. The molecule has 1 N–H and O–H groups in total. The molecule has 3 rings (SSSR count). The summed E-state index contributed by atoms with van der Waals surface area (Å²) in [4.78, 5) is 24.5. The van der Waals surface area contributed by atoms with E-state index < -0.39 is 18.2 Å². The minimum atomic E-state index is -0.757. The van der Waals surface area contributed by atoms with Crippen molar-refractivity contribution in [2.75, 3.05) is 26.1 Å². The highest BCUT2D eigenvalue weighted by Crippen LogP contribution is 2.42. The molecule has 2 aromatic carbocycles. The number of fused-ring (bicyclic) bond motifs is 1. The normalized spacial score (nSPS) is 15.0. The predicted octanol–water partition coefficient (Wildman–Crippen LogP) is 3.16. The standard InChI is InChI=1S/C19H19NO6/c1-4-25-18(21)11-7-5-6-8-13(11)20-17-12-9-10-14(23-2)16(24-3)15(12)19(22)26-17/h5-10,17,20H,4H2,1-3H3. The van der Waals surface area contributed by atoms with Crippen molar-refractivity contribution in [2.24, 2.45) is 0 Å². The van der Waals surface area contributed by atoms with E-state index in [0.29, 0.717) is 33.9 Å². The van der Waals surface area contributed by atoms with Crippen LogP contribution in [0.1, 0.15) is 39.4 Å². The van der Waals surface area contributed by atoms with Gasteiger partial charge in [-0.2, -0.15) is 0 Å². The van der Waals surface area contributed by atoms with Crippen LogP contribution in [0.4, 0.5) is 5.69 Å². The molecule has 0 bridgehead atoms. The first-order valence-electron chi connectivity index (χ1n) is 8.09. The maximum absolute atomic E-state index is 12.3. The van der Waals surface area contributed by atoms with Crippen molar-refractivity contribution in [1.29, 1.82) is 0 Å². The van der Waals surface area contributed by atoms with Crippen LogP contribution in [0.3, 0.4) is 0 Å². The van der Waals surface area contributed by atoms with Crippen LogP contribution in [0.15, 0.2) is 36.4 Å². The van der Waals surface area contributed by atoms with Gasteiger partial charge in [0.25, 0.3) is 0 Å². The molecule has 0 amide bonds. The van der Waals surface area contributed by atoms with Gasteiger partial charge in [0, 0.05) is 5.56 Å². The van der Waals surface area contributed by atoms with Crippen LogP contribution in [-0.2, 0) is 9.47 Å². The second-order valence-corrected chi connectivity index (χ2v) is 5.46. The summed E-state index contributed by atoms with van der Waals surface area (Å²) in [6, 6.07) is 10.3. The molecule has 7 nitrogen and oxygen atoms in total. The number of carbonyl (C=O) groups is 2. The molecular weight excluding hydrogens is 338 g/mol. The first-order chi connectivity index (χ1) is 12.6. The SMILES string of the molecule is CCOC(=O)c1ccccc1NC1OC(=O)c2c1ccc(OC)c2OC. The number of methoxy groups -OCH3 is 2. The Morgan fingerprint density at radius 1 is 1.15 bits per heavy atom. The van der Waals surface area contributed by atoms with Crippen molar-refractivity contribution >= 4 is 17.6 Å². The van der Waals surface area contributed by atoms with Crippen molar-refractivity contribution in [2.45, 2.75) is 13.2 Å². The van der Waals surface area contributed by atoms with Gasteiger partial charge in [-0.15, -0.1) is 0 Å². The maximum atomic E-state index is 12.3. The van der Waals surface area contributed by atoms with Crippen LogP contribution >= 0.6 is 0 Å². The van der Waals surface area contributed by atoms with Gasteiger partial charge in [0.05, 0.1) is 32.1 Å². The summed E-state index contributed by atoms with van der Waals surface area (Å²) < 4.78 is 21.0. The molecule has 0 aliphatic carbocycles. The van der Waals surface area contributed by atoms with E-state index in [1.54, 1.807) is 43.3 Å². The van der Waals surface area contributed by atoms with E-state index in [4.69, 9.17) is 18.9 Å². The lowest BCUT2D eigenvalue weighted by atomic mass is 10.1. The fraction of sp³-hybridized carbons (Fsp3) is 0.263. The van der Waals surface area contributed by atoms with Gasteiger partial charge in [-0.1, -0.05) is 12.1 Å². The lowest BCUT2D eigenvalue weighted by molar-refractivity contribution is 0.0435. The number of nitrogens with one attached hydrogen (secondary N) is 1. The Morgan fingerprint density at radius 3 is 2.62 bits per heavy atom. The third-order valence-corrected chi connectivity index (χ3v) is 4.00. The molecule has 1 atom stereocenters. The van der Waals surface area contributed by atoms with Gasteiger partial charge in [-0.05, 0) is 31.2 Å². The topological polar surface area (TPSA) is 83.1 Å². The van der Waals surface area contributed by atoms with Crippen LogP contribution in [0.5, 0.6) is 11.5 Å². The van der Waals surface area contributed by atoms with E-state index in [-0.39, 0.29) is 6.61 Å². The molecule has 1 unspecified atom stereocenters. The van der Waals surface area contributed by atoms with E-state index in [0.717, 1.165) is 0 Å². The number of hydrogen-bond donors (Lipinski definition) is 1. The number of cyclic esters (lactones) is 1. The monoisotopic (exact) mass is 357 g/mol. The highest BCUT2D eigenvalue weighted by Gasteiger charge is 2.36. The van der Waals surface area contributed by atoms with Crippen LogP contribution in [-0.4, -0.2) is 32.8 Å². The van der Waals surface area contributed by atoms with Crippen molar-refractivity contribution in [3.63, 3.8) is 0 Å². The number of ether oxygens (including phenoxy) is 4. The zero-order chi connectivity index (χ0) is 18.7. The second kappa shape index (κ2) is 7.35. The minimum Gasteiger partial charge on any atom is -0.493 e. The van der Waals surface area contributed by atoms with Gasteiger partial charge >= 0.3 is 11.9 Å². The number of anilines is 1. The summed E-state index contributed by atoms with van der Waals surface area (Å²) in [6.45, 7) is 2.01. The van der Waals surface area contributed by atoms with Crippen LogP contribution in [0.25, 0.3) is 0 Å². The molecule has 1 heterocycles. The van der Waals surface area contributed by atoms with Gasteiger partial charge < -0.3 is 24.3 Å². The lowest BCUT2D eigenvalue weighted by Gasteiger charge is -2.17. The molecule has 0 saturated heterocycles. The molecule has 26 heavy (non-hydrogen) atoms. The summed E-state index contributed by atoms with van der Waals surface area (Å²) in [5.41, 5.74) is 1.77. The fourth-order valence-electron chi connectivity index (χ4n) is 2.84. The molecule has 0 radical (unpaired) electrons. The summed E-state index contributed by atoms with van der Waals surface area (Å²) in [5.74, 6) is -0.219. The summed E-state index contributed by atoms with van der Waals surface area (Å²) in [5, 5.41) is 3.08. The van der Waals surface area contributed by atoms with E-state index >= 15 is 0 Å². The Hall–Kier alpha value is -3.22. The van der Waals surface area contributed by atoms with Gasteiger partial charge in [-0.3, -0.25) is 0 Å². The summed E-state index contributed by atoms with van der Waals surface area (Å²) >= 11 is 0. The van der Waals surface area contributed by atoms with E-state index in [9.17, 15) is 9.59 Å². The number of benzene rings is 2. The summed E-state index contributed by atoms with van der Waals surface area (Å²) in [7, 11) is 2.96. The number of hydrogen-bond acceptors (Lipinski definition) is 7. The van der Waals surface area contributed by atoms with Gasteiger partial charge in [0.15, 0.2) is 11.5 Å². The van der Waals surface area contributed by atoms with Crippen molar-refractivity contribution in [1.82, 2.24) is 0 Å². The van der Waals surface area contributed by atoms with E-state index in [1.807, 2.05) is 0 Å². The predicted molar refractivity (Wildman–Crippen MR) is 93.7 cm³/mol. The third kappa shape index (κ3) is 3.03. The van der Waals surface area contributed by atoms with Crippen LogP contribution < -0.4 is 14.8 Å². The third-order valence-electron chi connectivity index (χ3n) is 4.00. The molecule has 1 aliphatic heterocycles. The molecule has 0 spiro atoms. The van der Waals surface area contributed by atoms with Gasteiger partial charge in [0.1, 0.15) is 5.56 Å². The first-order valence-corrected chi connectivity index (χ1v) is 8.09. The number of rotatable bonds is 6. The molecule has 1 aliphatic rings. The Bertz CT molecular complexity index is 848. The largest absolute Gasteiger partial charge is 0.493 e. The Balaban J connectivity index is 1.96. The highest BCUT2D eigenvalue weighted by molar-refractivity contribution is 5.99. The van der Waals surface area contributed by atoms with Crippen molar-refractivity contribution in [3.05, 3.63) is 53.1 Å². The number of carbonyl (C=O) groups excluding carboxylic acids is 2. The Labute approximate surface area is 150 Å². The second-order valence-electron chi connectivity index (χ2n) is 5.46. The zero-order valence-corrected chi connectivity index (χ0v) is 14.7. The molecule has 2 aromatic rings. The first kappa shape index (κ1) is 17.6. The van der Waals surface area contributed by atoms with E-state index in [1.165, 1.54) is 14.2 Å². The molecule has 0 aromatic heterocycles. The van der Waals surface area contributed by atoms with E-state index in [2.05, 4.69) is 5.32 Å². The maximum Gasteiger partial charge on any atom is 0.344 e. The van der Waals surface area contributed by atoms with Crippen LogP contribution in [0.2, 0.25) is 0 Å². The molecule has 7 heteroatoms. The van der Waals surface area contributed by atoms with Gasteiger partial charge in [0.2, 0.25) is 6.23 Å². The molecular formula is C19H19NO6. The van der Waals surface area contributed by atoms with Gasteiger partial charge in [-0.25, -0.2) is 9.59 Å². The van der Waals surface area contributed by atoms with Crippen molar-refractivity contribution in [3.8, 4) is 11.5 Å². The highest BCUT2D eigenvalue weighted by atomic mass is 16.6. The zero-order valence-electron chi connectivity index (χ0n) is 14.7. The Morgan fingerprint density at radius 2 is 1.92 bits per heavy atom. The average molecular weight is 357 g/mol.